The van der Waals surface area contributed by atoms with Crippen LogP contribution < -0.4 is 5.32 Å². The van der Waals surface area contributed by atoms with E-state index in [0.29, 0.717) is 6.54 Å². The van der Waals surface area contributed by atoms with E-state index in [1.54, 1.807) is 23.5 Å². The molecule has 1 saturated heterocycles. The van der Waals surface area contributed by atoms with Crippen LogP contribution in [0.2, 0.25) is 0 Å². The number of likely N-dealkylation sites (tertiary alicyclic amines) is 1. The minimum atomic E-state index is -0.248. The van der Waals surface area contributed by atoms with Gasteiger partial charge >= 0.3 is 6.03 Å². The molecule has 3 rings (SSSR count). The highest BCUT2D eigenvalue weighted by molar-refractivity contribution is 7.09. The third-order valence-electron chi connectivity index (χ3n) is 4.24. The van der Waals surface area contributed by atoms with Gasteiger partial charge in [-0.2, -0.15) is 0 Å². The molecule has 2 aromatic rings. The van der Waals surface area contributed by atoms with Gasteiger partial charge in [0.15, 0.2) is 0 Å². The molecule has 1 aromatic carbocycles. The molecule has 122 valence electrons. The molecule has 0 bridgehead atoms. The average molecular weight is 333 g/mol. The first-order valence-corrected chi connectivity index (χ1v) is 8.72. The molecule has 0 spiro atoms. The van der Waals surface area contributed by atoms with Gasteiger partial charge in [0.2, 0.25) is 0 Å². The lowest BCUT2D eigenvalue weighted by Crippen LogP contribution is -2.50. The average Bonchev–Trinajstić information content (AvgIpc) is 2.90. The quantitative estimate of drug-likeness (QED) is 0.849. The fourth-order valence-corrected chi connectivity index (χ4v) is 3.60. The molecule has 2 amide bonds. The van der Waals surface area contributed by atoms with Crippen LogP contribution >= 0.6 is 11.3 Å². The molecule has 0 saturated carbocycles. The molecule has 23 heavy (non-hydrogen) atoms. The minimum absolute atomic E-state index is 0.0356. The second-order valence-electron chi connectivity index (χ2n) is 5.75. The van der Waals surface area contributed by atoms with E-state index in [1.165, 1.54) is 17.0 Å². The van der Waals surface area contributed by atoms with Crippen molar-refractivity contribution >= 4 is 17.4 Å². The van der Waals surface area contributed by atoms with Gasteiger partial charge in [-0.25, -0.2) is 14.2 Å². The van der Waals surface area contributed by atoms with Crippen molar-refractivity contribution in [3.8, 4) is 0 Å². The van der Waals surface area contributed by atoms with Crippen molar-refractivity contribution in [2.45, 2.75) is 32.2 Å². The van der Waals surface area contributed by atoms with Gasteiger partial charge < -0.3 is 10.2 Å². The number of hydrogen-bond acceptors (Lipinski definition) is 3. The normalized spacial score (nSPS) is 17.0. The summed E-state index contributed by atoms with van der Waals surface area (Å²) in [4.78, 5) is 19.6. The fraction of sp³-hybridized carbons (Fsp3) is 0.412. The largest absolute Gasteiger partial charge is 0.338 e. The summed E-state index contributed by atoms with van der Waals surface area (Å²) in [6.45, 7) is 3.42. The van der Waals surface area contributed by atoms with Crippen LogP contribution in [0.15, 0.2) is 29.8 Å². The molecule has 6 heteroatoms. The Labute approximate surface area is 139 Å². The third-order valence-corrected chi connectivity index (χ3v) is 5.23. The van der Waals surface area contributed by atoms with Gasteiger partial charge in [0, 0.05) is 18.0 Å². The van der Waals surface area contributed by atoms with Crippen LogP contribution in [0.1, 0.15) is 35.0 Å². The summed E-state index contributed by atoms with van der Waals surface area (Å²) in [6, 6.07) is 6.44. The van der Waals surface area contributed by atoms with Crippen LogP contribution in [0.5, 0.6) is 0 Å². The number of halogens is 1. The van der Waals surface area contributed by atoms with E-state index in [9.17, 15) is 9.18 Å². The van der Waals surface area contributed by atoms with Crippen LogP contribution in [0.25, 0.3) is 0 Å². The first-order valence-electron chi connectivity index (χ1n) is 7.84. The Bertz CT molecular complexity index is 671. The molecule has 1 aliphatic rings. The Hall–Kier alpha value is -1.95. The van der Waals surface area contributed by atoms with Gasteiger partial charge in [-0.05, 0) is 43.9 Å². The van der Waals surface area contributed by atoms with E-state index in [1.807, 2.05) is 17.3 Å². The van der Waals surface area contributed by atoms with Crippen LogP contribution in [-0.4, -0.2) is 29.0 Å². The van der Waals surface area contributed by atoms with Gasteiger partial charge in [-0.15, -0.1) is 11.3 Å². The first-order chi connectivity index (χ1) is 11.1. The number of benzene rings is 1. The second kappa shape index (κ2) is 7.08. The summed E-state index contributed by atoms with van der Waals surface area (Å²) < 4.78 is 13.0. The van der Waals surface area contributed by atoms with Crippen LogP contribution in [0.4, 0.5) is 9.18 Å². The molecule has 2 heterocycles. The number of amides is 2. The maximum atomic E-state index is 13.0. The molecule has 1 N–H and O–H groups in total. The molecule has 0 aliphatic carbocycles. The Balaban J connectivity index is 1.45. The number of rotatable bonds is 5. The Morgan fingerprint density at radius 2 is 2.22 bits per heavy atom. The lowest BCUT2D eigenvalue weighted by molar-refractivity contribution is 0.115. The zero-order valence-electron chi connectivity index (χ0n) is 13.1. The van der Waals surface area contributed by atoms with Crippen molar-refractivity contribution in [3.63, 3.8) is 0 Å². The molecule has 1 fully saturated rings. The van der Waals surface area contributed by atoms with Crippen molar-refractivity contribution in [2.75, 3.05) is 13.1 Å². The summed E-state index contributed by atoms with van der Waals surface area (Å²) in [5, 5.41) is 2.97. The number of aromatic nitrogens is 1. The molecular weight excluding hydrogens is 313 g/mol. The SMILES string of the molecule is Cc1ncsc1CCCNC(=O)N1CCC1c1ccc(F)cc1. The Kier molecular flexibility index (Phi) is 4.91. The molecule has 4 nitrogen and oxygen atoms in total. The van der Waals surface area contributed by atoms with E-state index in [-0.39, 0.29) is 17.9 Å². The van der Waals surface area contributed by atoms with Crippen molar-refractivity contribution < 1.29 is 9.18 Å². The van der Waals surface area contributed by atoms with Gasteiger partial charge in [-0.1, -0.05) is 12.1 Å². The lowest BCUT2D eigenvalue weighted by atomic mass is 9.95. The Morgan fingerprint density at radius 3 is 2.83 bits per heavy atom. The maximum absolute atomic E-state index is 13.0. The first kappa shape index (κ1) is 15.9. The molecule has 1 atom stereocenters. The lowest BCUT2D eigenvalue weighted by Gasteiger charge is -2.41. The van der Waals surface area contributed by atoms with Crippen molar-refractivity contribution in [2.24, 2.45) is 0 Å². The minimum Gasteiger partial charge on any atom is -0.338 e. The molecular formula is C17H20FN3OS. The highest BCUT2D eigenvalue weighted by Crippen LogP contribution is 2.33. The Morgan fingerprint density at radius 1 is 1.43 bits per heavy atom. The van der Waals surface area contributed by atoms with E-state index in [2.05, 4.69) is 10.3 Å². The van der Waals surface area contributed by atoms with Gasteiger partial charge in [0.1, 0.15) is 5.82 Å². The monoisotopic (exact) mass is 333 g/mol. The van der Waals surface area contributed by atoms with Gasteiger partial charge in [-0.3, -0.25) is 0 Å². The standard InChI is InChI=1S/C17H20FN3OS/c1-12-16(23-11-20-12)3-2-9-19-17(22)21-10-8-15(21)13-4-6-14(18)7-5-13/h4-7,11,15H,2-3,8-10H2,1H3,(H,19,22). The molecule has 0 radical (unpaired) electrons. The fourth-order valence-electron chi connectivity index (χ4n) is 2.77. The summed E-state index contributed by atoms with van der Waals surface area (Å²) in [5.41, 5.74) is 3.94. The second-order valence-corrected chi connectivity index (χ2v) is 6.69. The van der Waals surface area contributed by atoms with E-state index < -0.39 is 0 Å². The van der Waals surface area contributed by atoms with Crippen molar-refractivity contribution in [1.29, 1.82) is 0 Å². The maximum Gasteiger partial charge on any atom is 0.317 e. The predicted octanol–water partition coefficient (Wildman–Crippen LogP) is 3.68. The zero-order valence-corrected chi connectivity index (χ0v) is 13.9. The van der Waals surface area contributed by atoms with E-state index >= 15 is 0 Å². The van der Waals surface area contributed by atoms with Crippen LogP contribution in [0, 0.1) is 12.7 Å². The van der Waals surface area contributed by atoms with Crippen molar-refractivity contribution in [3.05, 3.63) is 51.7 Å². The number of urea groups is 1. The van der Waals surface area contributed by atoms with E-state index in [0.717, 1.165) is 37.1 Å². The van der Waals surface area contributed by atoms with Gasteiger partial charge in [0.25, 0.3) is 0 Å². The molecule has 1 aliphatic heterocycles. The van der Waals surface area contributed by atoms with Crippen LogP contribution in [0.3, 0.4) is 0 Å². The number of nitrogens with zero attached hydrogens (tertiary/aromatic N) is 2. The summed E-state index contributed by atoms with van der Waals surface area (Å²) >= 11 is 1.66. The number of thiazole rings is 1. The zero-order chi connectivity index (χ0) is 16.2. The number of aryl methyl sites for hydroxylation is 2. The highest BCUT2D eigenvalue weighted by atomic mass is 32.1. The van der Waals surface area contributed by atoms with E-state index in [4.69, 9.17) is 0 Å². The number of carbonyl (C=O) groups excluding carboxylic acids is 1. The topological polar surface area (TPSA) is 45.2 Å². The van der Waals surface area contributed by atoms with Crippen LogP contribution in [-0.2, 0) is 6.42 Å². The third kappa shape index (κ3) is 3.69. The number of carbonyl (C=O) groups is 1. The number of nitrogens with one attached hydrogen (secondary N) is 1. The summed E-state index contributed by atoms with van der Waals surface area (Å²) in [5.74, 6) is -0.248. The molecule has 1 unspecified atom stereocenters. The highest BCUT2D eigenvalue weighted by Gasteiger charge is 2.33. The summed E-state index contributed by atoms with van der Waals surface area (Å²) in [6.07, 6.45) is 2.78. The molecule has 1 aromatic heterocycles. The number of hydrogen-bond donors (Lipinski definition) is 1. The van der Waals surface area contributed by atoms with Crippen molar-refractivity contribution in [1.82, 2.24) is 15.2 Å². The summed E-state index contributed by atoms with van der Waals surface area (Å²) in [7, 11) is 0. The predicted molar refractivity (Wildman–Crippen MR) is 89.0 cm³/mol. The smallest absolute Gasteiger partial charge is 0.317 e. The van der Waals surface area contributed by atoms with Gasteiger partial charge in [0.05, 0.1) is 17.2 Å².